The molecule has 0 saturated heterocycles. The molecule has 1 heterocycles. The zero-order chi connectivity index (χ0) is 17.8. The van der Waals surface area contributed by atoms with Crippen molar-refractivity contribution in [2.75, 3.05) is 21.3 Å². The molecule has 3 rings (SSSR count). The average molecular weight is 337 g/mol. The van der Waals surface area contributed by atoms with Crippen molar-refractivity contribution in [3.05, 3.63) is 53.7 Å². The minimum atomic E-state index is 0.163. The molecule has 0 aliphatic carbocycles. The fourth-order valence-corrected chi connectivity index (χ4v) is 2.67. The standard InChI is InChI=1S/C20H19NO4/c1-23-17-12-9-14(19(24-2)20(17)25-3)8-11-15-10-7-13-5-4-6-16(22)18(13)21-15/h4-12,22H,1-3H3. The molecule has 0 aliphatic heterocycles. The average Bonchev–Trinajstić information content (AvgIpc) is 2.65. The number of aromatic hydroxyl groups is 1. The van der Waals surface area contributed by atoms with E-state index in [1.165, 1.54) is 0 Å². The normalized spacial score (nSPS) is 11.0. The van der Waals surface area contributed by atoms with Crippen LogP contribution in [0, 0.1) is 0 Å². The van der Waals surface area contributed by atoms with E-state index in [0.29, 0.717) is 22.8 Å². The Labute approximate surface area is 146 Å². The van der Waals surface area contributed by atoms with E-state index in [4.69, 9.17) is 14.2 Å². The summed E-state index contributed by atoms with van der Waals surface area (Å²) in [5.74, 6) is 1.89. The van der Waals surface area contributed by atoms with Crippen LogP contribution in [0.15, 0.2) is 42.5 Å². The third-order valence-electron chi connectivity index (χ3n) is 3.89. The first-order valence-electron chi connectivity index (χ1n) is 7.73. The fourth-order valence-electron chi connectivity index (χ4n) is 2.67. The first-order chi connectivity index (χ1) is 12.2. The summed E-state index contributed by atoms with van der Waals surface area (Å²) in [4.78, 5) is 4.49. The maximum absolute atomic E-state index is 9.95. The Hall–Kier alpha value is -3.21. The zero-order valence-electron chi connectivity index (χ0n) is 14.3. The Morgan fingerprint density at radius 1 is 0.840 bits per heavy atom. The molecule has 2 aromatic carbocycles. The van der Waals surface area contributed by atoms with Crippen molar-refractivity contribution in [2.24, 2.45) is 0 Å². The van der Waals surface area contributed by atoms with Crippen LogP contribution in [0.3, 0.4) is 0 Å². The molecular formula is C20H19NO4. The second-order valence-corrected chi connectivity index (χ2v) is 5.34. The molecule has 0 fully saturated rings. The number of methoxy groups -OCH3 is 3. The lowest BCUT2D eigenvalue weighted by Crippen LogP contribution is -1.96. The maximum atomic E-state index is 9.95. The van der Waals surface area contributed by atoms with Gasteiger partial charge in [0.2, 0.25) is 5.75 Å². The van der Waals surface area contributed by atoms with Gasteiger partial charge in [0.25, 0.3) is 0 Å². The number of nitrogens with zero attached hydrogens (tertiary/aromatic N) is 1. The number of pyridine rings is 1. The molecule has 0 radical (unpaired) electrons. The van der Waals surface area contributed by atoms with Crippen LogP contribution in [0.4, 0.5) is 0 Å². The van der Waals surface area contributed by atoms with Gasteiger partial charge in [0.15, 0.2) is 11.5 Å². The Kier molecular flexibility index (Phi) is 4.75. The predicted molar refractivity (Wildman–Crippen MR) is 98.4 cm³/mol. The molecular weight excluding hydrogens is 318 g/mol. The molecule has 0 aliphatic rings. The van der Waals surface area contributed by atoms with Crippen LogP contribution in [0.1, 0.15) is 11.3 Å². The smallest absolute Gasteiger partial charge is 0.203 e. The van der Waals surface area contributed by atoms with Gasteiger partial charge in [-0.2, -0.15) is 0 Å². The highest BCUT2D eigenvalue weighted by Crippen LogP contribution is 2.40. The van der Waals surface area contributed by atoms with Gasteiger partial charge in [-0.1, -0.05) is 18.2 Å². The van der Waals surface area contributed by atoms with Crippen molar-refractivity contribution in [1.29, 1.82) is 0 Å². The van der Waals surface area contributed by atoms with Crippen molar-refractivity contribution in [1.82, 2.24) is 4.98 Å². The molecule has 0 amide bonds. The van der Waals surface area contributed by atoms with Gasteiger partial charge in [-0.05, 0) is 36.4 Å². The molecule has 5 nitrogen and oxygen atoms in total. The number of ether oxygens (including phenoxy) is 3. The van der Waals surface area contributed by atoms with Crippen molar-refractivity contribution < 1.29 is 19.3 Å². The molecule has 0 spiro atoms. The van der Waals surface area contributed by atoms with E-state index in [-0.39, 0.29) is 5.75 Å². The Morgan fingerprint density at radius 2 is 1.64 bits per heavy atom. The molecule has 128 valence electrons. The Balaban J connectivity index is 2.01. The van der Waals surface area contributed by atoms with E-state index in [1.54, 1.807) is 33.5 Å². The summed E-state index contributed by atoms with van der Waals surface area (Å²) in [6, 6.07) is 12.9. The van der Waals surface area contributed by atoms with E-state index in [1.807, 2.05) is 42.5 Å². The van der Waals surface area contributed by atoms with Crippen molar-refractivity contribution in [3.63, 3.8) is 0 Å². The summed E-state index contributed by atoms with van der Waals surface area (Å²) in [6.07, 6.45) is 3.74. The van der Waals surface area contributed by atoms with Crippen molar-refractivity contribution in [2.45, 2.75) is 0 Å². The van der Waals surface area contributed by atoms with Gasteiger partial charge in [0.1, 0.15) is 11.3 Å². The Morgan fingerprint density at radius 3 is 2.36 bits per heavy atom. The number of hydrogen-bond acceptors (Lipinski definition) is 5. The lowest BCUT2D eigenvalue weighted by atomic mass is 10.1. The summed E-state index contributed by atoms with van der Waals surface area (Å²) in [7, 11) is 4.74. The van der Waals surface area contributed by atoms with Crippen LogP contribution in [0.5, 0.6) is 23.0 Å². The third-order valence-corrected chi connectivity index (χ3v) is 3.89. The number of benzene rings is 2. The second kappa shape index (κ2) is 7.13. The third kappa shape index (κ3) is 3.21. The quantitative estimate of drug-likeness (QED) is 0.758. The van der Waals surface area contributed by atoms with Gasteiger partial charge < -0.3 is 19.3 Å². The summed E-state index contributed by atoms with van der Waals surface area (Å²) in [5, 5.41) is 10.8. The van der Waals surface area contributed by atoms with Crippen LogP contribution in [-0.4, -0.2) is 31.4 Å². The first-order valence-corrected chi connectivity index (χ1v) is 7.73. The predicted octanol–water partition coefficient (Wildman–Crippen LogP) is 4.14. The van der Waals surface area contributed by atoms with Crippen LogP contribution >= 0.6 is 0 Å². The lowest BCUT2D eigenvalue weighted by Gasteiger charge is -2.14. The van der Waals surface area contributed by atoms with Crippen molar-refractivity contribution in [3.8, 4) is 23.0 Å². The van der Waals surface area contributed by atoms with Gasteiger partial charge in [-0.25, -0.2) is 4.98 Å². The van der Waals surface area contributed by atoms with Gasteiger partial charge in [-0.3, -0.25) is 0 Å². The SMILES string of the molecule is COc1ccc(C=Cc2ccc3cccc(O)c3n2)c(OC)c1OC. The number of fused-ring (bicyclic) bond motifs is 1. The van der Waals surface area contributed by atoms with Gasteiger partial charge in [0.05, 0.1) is 27.0 Å². The van der Waals surface area contributed by atoms with Crippen LogP contribution < -0.4 is 14.2 Å². The summed E-state index contributed by atoms with van der Waals surface area (Å²) < 4.78 is 16.2. The topological polar surface area (TPSA) is 60.8 Å². The minimum absolute atomic E-state index is 0.163. The fraction of sp³-hybridized carbons (Fsp3) is 0.150. The van der Waals surface area contributed by atoms with Gasteiger partial charge in [0, 0.05) is 10.9 Å². The maximum Gasteiger partial charge on any atom is 0.203 e. The molecule has 0 saturated carbocycles. The van der Waals surface area contributed by atoms with E-state index >= 15 is 0 Å². The number of hydrogen-bond donors (Lipinski definition) is 1. The van der Waals surface area contributed by atoms with E-state index in [0.717, 1.165) is 16.6 Å². The second-order valence-electron chi connectivity index (χ2n) is 5.34. The number of aromatic nitrogens is 1. The first kappa shape index (κ1) is 16.6. The number of phenolic OH excluding ortho intramolecular Hbond substituents is 1. The van der Waals surface area contributed by atoms with Crippen LogP contribution in [0.2, 0.25) is 0 Å². The van der Waals surface area contributed by atoms with Crippen LogP contribution in [-0.2, 0) is 0 Å². The van der Waals surface area contributed by atoms with E-state index < -0.39 is 0 Å². The highest BCUT2D eigenvalue weighted by Gasteiger charge is 2.14. The van der Waals surface area contributed by atoms with Crippen molar-refractivity contribution >= 4 is 23.1 Å². The molecule has 0 atom stereocenters. The molecule has 5 heteroatoms. The summed E-state index contributed by atoms with van der Waals surface area (Å²) in [6.45, 7) is 0. The van der Waals surface area contributed by atoms with Gasteiger partial charge >= 0.3 is 0 Å². The van der Waals surface area contributed by atoms with E-state index in [2.05, 4.69) is 4.98 Å². The van der Waals surface area contributed by atoms with Crippen LogP contribution in [0.25, 0.3) is 23.1 Å². The largest absolute Gasteiger partial charge is 0.506 e. The molecule has 3 aromatic rings. The number of para-hydroxylation sites is 1. The molecule has 1 aromatic heterocycles. The highest BCUT2D eigenvalue weighted by atomic mass is 16.5. The van der Waals surface area contributed by atoms with Gasteiger partial charge in [-0.15, -0.1) is 0 Å². The number of rotatable bonds is 5. The molecule has 0 bridgehead atoms. The summed E-state index contributed by atoms with van der Waals surface area (Å²) >= 11 is 0. The minimum Gasteiger partial charge on any atom is -0.506 e. The highest BCUT2D eigenvalue weighted by molar-refractivity contribution is 5.86. The number of phenols is 1. The molecule has 0 unspecified atom stereocenters. The Bertz CT molecular complexity index is 934. The molecule has 1 N–H and O–H groups in total. The zero-order valence-corrected chi connectivity index (χ0v) is 14.3. The monoisotopic (exact) mass is 337 g/mol. The molecule has 25 heavy (non-hydrogen) atoms. The lowest BCUT2D eigenvalue weighted by molar-refractivity contribution is 0.324. The summed E-state index contributed by atoms with van der Waals surface area (Å²) in [5.41, 5.74) is 2.13. The van der Waals surface area contributed by atoms with E-state index in [9.17, 15) is 5.11 Å².